The highest BCUT2D eigenvalue weighted by atomic mass is 32.2. The maximum Gasteiger partial charge on any atom is 0.284 e. The SMILES string of the molecule is O=C(CSc1nnc(-c2ccco2)o1)N1CCN(S(=O)(=O)c2ccc3c(c2)OCCO3)CC1. The van der Waals surface area contributed by atoms with E-state index in [0.29, 0.717) is 43.6 Å². The molecule has 11 nitrogen and oxygen atoms in total. The van der Waals surface area contributed by atoms with Gasteiger partial charge in [0.25, 0.3) is 11.1 Å². The molecule has 1 fully saturated rings. The Morgan fingerprint density at radius 2 is 1.82 bits per heavy atom. The molecular weight excluding hydrogens is 472 g/mol. The molecule has 0 unspecified atom stereocenters. The Balaban J connectivity index is 1.15. The van der Waals surface area contributed by atoms with Gasteiger partial charge in [-0.3, -0.25) is 4.79 Å². The van der Waals surface area contributed by atoms with E-state index in [4.69, 9.17) is 18.3 Å². The lowest BCUT2D eigenvalue weighted by molar-refractivity contribution is -0.129. The number of amides is 1. The fourth-order valence-corrected chi connectivity index (χ4v) is 5.60. The van der Waals surface area contributed by atoms with Gasteiger partial charge in [0.2, 0.25) is 15.9 Å². The van der Waals surface area contributed by atoms with Crippen molar-refractivity contribution in [2.24, 2.45) is 0 Å². The molecule has 174 valence electrons. The van der Waals surface area contributed by atoms with E-state index < -0.39 is 10.0 Å². The Kier molecular flexibility index (Phi) is 6.00. The lowest BCUT2D eigenvalue weighted by atomic mass is 10.3. The molecule has 1 aromatic carbocycles. The highest BCUT2D eigenvalue weighted by molar-refractivity contribution is 7.99. The van der Waals surface area contributed by atoms with Crippen LogP contribution >= 0.6 is 11.8 Å². The molecule has 3 aromatic rings. The average Bonchev–Trinajstić information content (AvgIpc) is 3.54. The number of furan rings is 1. The Bertz CT molecular complexity index is 1240. The van der Waals surface area contributed by atoms with Crippen LogP contribution in [0.3, 0.4) is 0 Å². The summed E-state index contributed by atoms with van der Waals surface area (Å²) in [6.45, 7) is 1.82. The molecule has 13 heteroatoms. The summed E-state index contributed by atoms with van der Waals surface area (Å²) in [5.41, 5.74) is 0. The summed E-state index contributed by atoms with van der Waals surface area (Å²) in [5.74, 6) is 1.63. The number of thioether (sulfide) groups is 1. The lowest BCUT2D eigenvalue weighted by Gasteiger charge is -2.34. The Hall–Kier alpha value is -3.03. The van der Waals surface area contributed by atoms with Crippen molar-refractivity contribution in [3.8, 4) is 23.1 Å². The molecule has 2 aliphatic heterocycles. The number of carbonyl (C=O) groups is 1. The number of sulfonamides is 1. The summed E-state index contributed by atoms with van der Waals surface area (Å²) in [6, 6.07) is 8.01. The van der Waals surface area contributed by atoms with Crippen molar-refractivity contribution in [2.75, 3.05) is 45.1 Å². The standard InChI is InChI=1S/C20H20N4O7S2/c25-18(13-32-20-22-21-19(31-20)16-2-1-9-28-16)23-5-7-24(8-6-23)33(26,27)14-3-4-15-17(12-14)30-11-10-29-15/h1-4,9,12H,5-8,10-11,13H2. The number of aromatic nitrogens is 2. The van der Waals surface area contributed by atoms with E-state index in [1.807, 2.05) is 0 Å². The second-order valence-electron chi connectivity index (χ2n) is 7.23. The average molecular weight is 493 g/mol. The monoisotopic (exact) mass is 492 g/mol. The molecule has 2 aliphatic rings. The van der Waals surface area contributed by atoms with Crippen LogP contribution in [-0.4, -0.2) is 78.9 Å². The molecule has 2 aromatic heterocycles. The van der Waals surface area contributed by atoms with E-state index >= 15 is 0 Å². The molecule has 0 spiro atoms. The van der Waals surface area contributed by atoms with Crippen LogP contribution in [0.25, 0.3) is 11.7 Å². The van der Waals surface area contributed by atoms with Crippen molar-refractivity contribution in [3.05, 3.63) is 36.6 Å². The topological polar surface area (TPSA) is 128 Å². The van der Waals surface area contributed by atoms with Crippen molar-refractivity contribution in [2.45, 2.75) is 10.1 Å². The molecule has 0 bridgehead atoms. The zero-order valence-corrected chi connectivity index (χ0v) is 19.0. The maximum absolute atomic E-state index is 13.0. The van der Waals surface area contributed by atoms with Crippen LogP contribution in [0.2, 0.25) is 0 Å². The van der Waals surface area contributed by atoms with Crippen LogP contribution in [0.4, 0.5) is 0 Å². The largest absolute Gasteiger partial charge is 0.486 e. The van der Waals surface area contributed by atoms with Crippen LogP contribution < -0.4 is 9.47 Å². The number of hydrogen-bond acceptors (Lipinski definition) is 10. The minimum absolute atomic E-state index is 0.106. The summed E-state index contributed by atoms with van der Waals surface area (Å²) in [7, 11) is -3.71. The molecular formula is C20H20N4O7S2. The normalized spacial score (nSPS) is 16.7. The molecule has 0 N–H and O–H groups in total. The van der Waals surface area contributed by atoms with Gasteiger partial charge in [-0.05, 0) is 24.3 Å². The molecule has 4 heterocycles. The van der Waals surface area contributed by atoms with Gasteiger partial charge >= 0.3 is 0 Å². The summed E-state index contributed by atoms with van der Waals surface area (Å²) in [6.07, 6.45) is 1.50. The first kappa shape index (κ1) is 21.8. The fraction of sp³-hybridized carbons (Fsp3) is 0.350. The van der Waals surface area contributed by atoms with Crippen LogP contribution in [-0.2, 0) is 14.8 Å². The Labute approximate surface area is 193 Å². The predicted molar refractivity (Wildman–Crippen MR) is 115 cm³/mol. The van der Waals surface area contributed by atoms with E-state index in [9.17, 15) is 13.2 Å². The first-order valence-corrected chi connectivity index (χ1v) is 12.6. The molecule has 0 aliphatic carbocycles. The smallest absolute Gasteiger partial charge is 0.284 e. The third kappa shape index (κ3) is 4.56. The molecule has 33 heavy (non-hydrogen) atoms. The van der Waals surface area contributed by atoms with Crippen molar-refractivity contribution in [1.82, 2.24) is 19.4 Å². The third-order valence-corrected chi connectivity index (χ3v) is 7.90. The molecule has 0 radical (unpaired) electrons. The van der Waals surface area contributed by atoms with Gasteiger partial charge in [0.1, 0.15) is 13.2 Å². The van der Waals surface area contributed by atoms with Crippen molar-refractivity contribution >= 4 is 27.7 Å². The van der Waals surface area contributed by atoms with Crippen molar-refractivity contribution < 1.29 is 31.5 Å². The van der Waals surface area contributed by atoms with E-state index in [1.54, 1.807) is 23.1 Å². The van der Waals surface area contributed by atoms with Crippen LogP contribution in [0.15, 0.2) is 55.5 Å². The van der Waals surface area contributed by atoms with Crippen molar-refractivity contribution in [3.63, 3.8) is 0 Å². The minimum atomic E-state index is -3.71. The van der Waals surface area contributed by atoms with Gasteiger partial charge in [-0.15, -0.1) is 10.2 Å². The van der Waals surface area contributed by atoms with Gasteiger partial charge in [-0.1, -0.05) is 11.8 Å². The highest BCUT2D eigenvalue weighted by Gasteiger charge is 2.31. The first-order chi connectivity index (χ1) is 16.0. The zero-order chi connectivity index (χ0) is 22.8. The number of benzene rings is 1. The van der Waals surface area contributed by atoms with Crippen LogP contribution in [0.1, 0.15) is 0 Å². The molecule has 0 saturated carbocycles. The van der Waals surface area contributed by atoms with Gasteiger partial charge < -0.3 is 23.2 Å². The van der Waals surface area contributed by atoms with Gasteiger partial charge in [-0.2, -0.15) is 4.31 Å². The number of rotatable bonds is 6. The Morgan fingerprint density at radius 1 is 1.03 bits per heavy atom. The van der Waals surface area contributed by atoms with E-state index in [1.165, 1.54) is 22.7 Å². The second-order valence-corrected chi connectivity index (χ2v) is 10.1. The van der Waals surface area contributed by atoms with E-state index in [2.05, 4.69) is 10.2 Å². The zero-order valence-electron chi connectivity index (χ0n) is 17.4. The predicted octanol–water partition coefficient (Wildman–Crippen LogP) is 1.73. The summed E-state index contributed by atoms with van der Waals surface area (Å²) in [4.78, 5) is 14.4. The van der Waals surface area contributed by atoms with Gasteiger partial charge in [0.05, 0.1) is 16.9 Å². The van der Waals surface area contributed by atoms with E-state index in [-0.39, 0.29) is 40.8 Å². The number of hydrogen-bond donors (Lipinski definition) is 0. The number of ether oxygens (including phenoxy) is 2. The second kappa shape index (κ2) is 9.08. The summed E-state index contributed by atoms with van der Waals surface area (Å²) < 4.78 is 49.1. The molecule has 0 atom stereocenters. The quantitative estimate of drug-likeness (QED) is 0.469. The molecule has 5 rings (SSSR count). The molecule has 1 amide bonds. The third-order valence-electron chi connectivity index (χ3n) is 5.20. The minimum Gasteiger partial charge on any atom is -0.486 e. The highest BCUT2D eigenvalue weighted by Crippen LogP contribution is 2.33. The van der Waals surface area contributed by atoms with Gasteiger partial charge in [-0.25, -0.2) is 8.42 Å². The first-order valence-electron chi connectivity index (χ1n) is 10.2. The Morgan fingerprint density at radius 3 is 2.58 bits per heavy atom. The van der Waals surface area contributed by atoms with E-state index in [0.717, 1.165) is 11.8 Å². The van der Waals surface area contributed by atoms with Crippen LogP contribution in [0.5, 0.6) is 11.5 Å². The van der Waals surface area contributed by atoms with Gasteiger partial charge in [0.15, 0.2) is 17.3 Å². The summed E-state index contributed by atoms with van der Waals surface area (Å²) in [5, 5.41) is 8.06. The number of carbonyl (C=O) groups excluding carboxylic acids is 1. The van der Waals surface area contributed by atoms with Crippen molar-refractivity contribution in [1.29, 1.82) is 0 Å². The summed E-state index contributed by atoms with van der Waals surface area (Å²) >= 11 is 1.13. The number of nitrogens with zero attached hydrogens (tertiary/aromatic N) is 4. The lowest BCUT2D eigenvalue weighted by Crippen LogP contribution is -2.50. The van der Waals surface area contributed by atoms with Crippen LogP contribution in [0, 0.1) is 0 Å². The molecule has 1 saturated heterocycles. The number of piperazine rings is 1. The fourth-order valence-electron chi connectivity index (χ4n) is 3.49. The van der Waals surface area contributed by atoms with Gasteiger partial charge in [0, 0.05) is 32.2 Å². The maximum atomic E-state index is 13.0. The number of fused-ring (bicyclic) bond motifs is 1.